The Balaban J connectivity index is 1.85. The van der Waals surface area contributed by atoms with Gasteiger partial charge in [0.1, 0.15) is 0 Å². The van der Waals surface area contributed by atoms with Gasteiger partial charge in [0.2, 0.25) is 5.91 Å². The zero-order valence-corrected chi connectivity index (χ0v) is 17.0. The molecule has 1 saturated heterocycles. The summed E-state index contributed by atoms with van der Waals surface area (Å²) in [5, 5.41) is 1.16. The Morgan fingerprint density at radius 2 is 2.04 bits per heavy atom. The summed E-state index contributed by atoms with van der Waals surface area (Å²) in [7, 11) is 1.61. The molecule has 3 rings (SSSR count). The number of hydrogen-bond acceptors (Lipinski definition) is 5. The van der Waals surface area contributed by atoms with Crippen molar-refractivity contribution < 1.29 is 9.53 Å². The Morgan fingerprint density at radius 3 is 2.74 bits per heavy atom. The minimum atomic E-state index is -0.159. The van der Waals surface area contributed by atoms with Crippen molar-refractivity contribution in [2.45, 2.75) is 37.9 Å². The Labute approximate surface area is 163 Å². The molecule has 1 atom stereocenters. The fourth-order valence-electron chi connectivity index (χ4n) is 3.41. The predicted octanol–water partition coefficient (Wildman–Crippen LogP) is 2.95. The molecule has 0 N–H and O–H groups in total. The minimum Gasteiger partial charge on any atom is -0.383 e. The van der Waals surface area contributed by atoms with Crippen molar-refractivity contribution in [2.75, 3.05) is 32.6 Å². The first-order chi connectivity index (χ1) is 13.0. The van der Waals surface area contributed by atoms with Gasteiger partial charge in [-0.15, -0.1) is 0 Å². The number of hydrogen-bond donors (Lipinski definition) is 0. The van der Waals surface area contributed by atoms with Crippen LogP contribution in [0.5, 0.6) is 0 Å². The Hall–Kier alpha value is -1.86. The zero-order valence-electron chi connectivity index (χ0n) is 16.2. The number of para-hydroxylation sites is 1. The van der Waals surface area contributed by atoms with Crippen LogP contribution in [0.4, 0.5) is 0 Å². The standard InChI is InChI=1S/C20H27N3O3S/c1-14-8-10-22(11-9-14)18(24)13-27-20-21-17-7-5-4-6-16(17)19(25)23(20)15(2)12-26-3/h4-7,14-15H,8-13H2,1-3H3/t15-/m0/s1. The second-order valence-corrected chi connectivity index (χ2v) is 8.19. The van der Waals surface area contributed by atoms with E-state index < -0.39 is 0 Å². The van der Waals surface area contributed by atoms with Crippen molar-refractivity contribution in [1.82, 2.24) is 14.5 Å². The molecule has 0 bridgehead atoms. The molecule has 1 amide bonds. The van der Waals surface area contributed by atoms with Crippen molar-refractivity contribution in [2.24, 2.45) is 5.92 Å². The number of nitrogens with zero attached hydrogens (tertiary/aromatic N) is 3. The van der Waals surface area contributed by atoms with Crippen LogP contribution >= 0.6 is 11.8 Å². The Morgan fingerprint density at radius 1 is 1.33 bits per heavy atom. The third-order valence-corrected chi connectivity index (χ3v) is 6.02. The molecule has 0 saturated carbocycles. The van der Waals surface area contributed by atoms with Gasteiger partial charge in [0.05, 0.1) is 29.3 Å². The van der Waals surface area contributed by atoms with Crippen molar-refractivity contribution in [1.29, 1.82) is 0 Å². The van der Waals surface area contributed by atoms with Gasteiger partial charge in [0.15, 0.2) is 5.16 Å². The zero-order chi connectivity index (χ0) is 19.4. The average Bonchev–Trinajstić information content (AvgIpc) is 2.67. The summed E-state index contributed by atoms with van der Waals surface area (Å²) >= 11 is 1.34. The summed E-state index contributed by atoms with van der Waals surface area (Å²) in [4.78, 5) is 32.2. The minimum absolute atomic E-state index is 0.0908. The molecule has 146 valence electrons. The highest BCUT2D eigenvalue weighted by atomic mass is 32.2. The summed E-state index contributed by atoms with van der Waals surface area (Å²) < 4.78 is 6.89. The number of benzene rings is 1. The van der Waals surface area contributed by atoms with E-state index in [4.69, 9.17) is 4.74 Å². The molecule has 0 unspecified atom stereocenters. The van der Waals surface area contributed by atoms with Crippen molar-refractivity contribution in [3.63, 3.8) is 0 Å². The molecular formula is C20H27N3O3S. The number of carbonyl (C=O) groups excluding carboxylic acids is 1. The highest BCUT2D eigenvalue weighted by Crippen LogP contribution is 2.23. The second kappa shape index (κ2) is 8.89. The van der Waals surface area contributed by atoms with Gasteiger partial charge in [-0.25, -0.2) is 4.98 Å². The molecule has 1 aromatic carbocycles. The molecule has 0 radical (unpaired) electrons. The number of amides is 1. The van der Waals surface area contributed by atoms with Crippen LogP contribution in [-0.2, 0) is 9.53 Å². The molecule has 2 heterocycles. The molecular weight excluding hydrogens is 362 g/mol. The normalized spacial score (nSPS) is 16.6. The first-order valence-corrected chi connectivity index (χ1v) is 10.4. The monoisotopic (exact) mass is 389 g/mol. The number of thioether (sulfide) groups is 1. The van der Waals surface area contributed by atoms with Gasteiger partial charge in [-0.3, -0.25) is 14.2 Å². The van der Waals surface area contributed by atoms with Crippen LogP contribution in [0.1, 0.15) is 32.7 Å². The van der Waals surface area contributed by atoms with Crippen LogP contribution < -0.4 is 5.56 Å². The highest BCUT2D eigenvalue weighted by Gasteiger charge is 2.22. The fourth-order valence-corrected chi connectivity index (χ4v) is 4.41. The molecule has 0 spiro atoms. The quantitative estimate of drug-likeness (QED) is 0.561. The van der Waals surface area contributed by atoms with Crippen LogP contribution in [0.25, 0.3) is 10.9 Å². The topological polar surface area (TPSA) is 64.4 Å². The molecule has 1 aromatic heterocycles. The van der Waals surface area contributed by atoms with Gasteiger partial charge < -0.3 is 9.64 Å². The lowest BCUT2D eigenvalue weighted by atomic mass is 9.99. The molecule has 7 heteroatoms. The van der Waals surface area contributed by atoms with E-state index in [2.05, 4.69) is 11.9 Å². The lowest BCUT2D eigenvalue weighted by Crippen LogP contribution is -2.39. The SMILES string of the molecule is COC[C@H](C)n1c(SCC(=O)N2CCC(C)CC2)nc2ccccc2c1=O. The summed E-state index contributed by atoms with van der Waals surface area (Å²) in [6.45, 7) is 6.20. The lowest BCUT2D eigenvalue weighted by molar-refractivity contribution is -0.129. The molecule has 1 fully saturated rings. The number of methoxy groups -OCH3 is 1. The van der Waals surface area contributed by atoms with Gasteiger partial charge >= 0.3 is 0 Å². The first kappa shape index (κ1) is 19.9. The van der Waals surface area contributed by atoms with E-state index in [1.165, 1.54) is 11.8 Å². The number of ether oxygens (including phenoxy) is 1. The number of rotatable bonds is 6. The van der Waals surface area contributed by atoms with E-state index in [0.29, 0.717) is 34.3 Å². The summed E-state index contributed by atoms with van der Waals surface area (Å²) in [5.74, 6) is 1.09. The van der Waals surface area contributed by atoms with Crippen LogP contribution in [0.3, 0.4) is 0 Å². The lowest BCUT2D eigenvalue weighted by Gasteiger charge is -2.30. The maximum atomic E-state index is 13.0. The molecule has 2 aromatic rings. The molecule has 6 nitrogen and oxygen atoms in total. The van der Waals surface area contributed by atoms with Crippen molar-refractivity contribution in [3.8, 4) is 0 Å². The van der Waals surface area contributed by atoms with E-state index >= 15 is 0 Å². The molecule has 1 aliphatic rings. The Bertz CT molecular complexity index is 859. The maximum absolute atomic E-state index is 13.0. The number of fused-ring (bicyclic) bond motifs is 1. The van der Waals surface area contributed by atoms with Crippen molar-refractivity contribution in [3.05, 3.63) is 34.6 Å². The second-order valence-electron chi connectivity index (χ2n) is 7.24. The third kappa shape index (κ3) is 4.52. The summed E-state index contributed by atoms with van der Waals surface area (Å²) in [6, 6.07) is 7.17. The van der Waals surface area contributed by atoms with Crippen LogP contribution in [-0.4, -0.2) is 52.9 Å². The van der Waals surface area contributed by atoms with E-state index in [-0.39, 0.29) is 17.5 Å². The van der Waals surface area contributed by atoms with Crippen molar-refractivity contribution >= 4 is 28.6 Å². The summed E-state index contributed by atoms with van der Waals surface area (Å²) in [6.07, 6.45) is 2.11. The van der Waals surface area contributed by atoms with E-state index in [9.17, 15) is 9.59 Å². The highest BCUT2D eigenvalue weighted by molar-refractivity contribution is 7.99. The average molecular weight is 390 g/mol. The maximum Gasteiger partial charge on any atom is 0.262 e. The molecule has 1 aliphatic heterocycles. The predicted molar refractivity (Wildman–Crippen MR) is 108 cm³/mol. The Kier molecular flexibility index (Phi) is 6.55. The fraction of sp³-hybridized carbons (Fsp3) is 0.550. The summed E-state index contributed by atoms with van der Waals surface area (Å²) in [5.41, 5.74) is 0.567. The van der Waals surface area contributed by atoms with E-state index in [0.717, 1.165) is 25.9 Å². The van der Waals surface area contributed by atoms with Crippen LogP contribution in [0.15, 0.2) is 34.2 Å². The number of piperidine rings is 1. The van der Waals surface area contributed by atoms with Crippen LogP contribution in [0, 0.1) is 5.92 Å². The van der Waals surface area contributed by atoms with E-state index in [1.54, 1.807) is 17.7 Å². The number of carbonyl (C=O) groups is 1. The number of likely N-dealkylation sites (tertiary alicyclic amines) is 1. The molecule has 0 aliphatic carbocycles. The van der Waals surface area contributed by atoms with Gasteiger partial charge in [-0.1, -0.05) is 30.8 Å². The first-order valence-electron chi connectivity index (χ1n) is 9.42. The number of aromatic nitrogens is 2. The van der Waals surface area contributed by atoms with Crippen LogP contribution in [0.2, 0.25) is 0 Å². The van der Waals surface area contributed by atoms with Gasteiger partial charge in [-0.2, -0.15) is 0 Å². The third-order valence-electron chi connectivity index (χ3n) is 5.09. The smallest absolute Gasteiger partial charge is 0.262 e. The largest absolute Gasteiger partial charge is 0.383 e. The van der Waals surface area contributed by atoms with Gasteiger partial charge in [0.25, 0.3) is 5.56 Å². The van der Waals surface area contributed by atoms with Gasteiger partial charge in [-0.05, 0) is 37.8 Å². The molecule has 27 heavy (non-hydrogen) atoms. The van der Waals surface area contributed by atoms with Gasteiger partial charge in [0, 0.05) is 20.2 Å². The van der Waals surface area contributed by atoms with E-state index in [1.807, 2.05) is 30.0 Å².